The molecule has 182 valence electrons. The van der Waals surface area contributed by atoms with Crippen molar-refractivity contribution >= 4 is 22.8 Å². The molecule has 2 unspecified atom stereocenters. The van der Waals surface area contributed by atoms with E-state index in [1.54, 1.807) is 0 Å². The van der Waals surface area contributed by atoms with Gasteiger partial charge >= 0.3 is 6.18 Å². The lowest BCUT2D eigenvalue weighted by atomic mass is 9.98. The molecule has 2 aromatic rings. The van der Waals surface area contributed by atoms with E-state index in [9.17, 15) is 18.0 Å². The molecule has 1 aromatic carbocycles. The van der Waals surface area contributed by atoms with Gasteiger partial charge in [0.2, 0.25) is 0 Å². The molecule has 0 radical (unpaired) electrons. The monoisotopic (exact) mass is 502 g/mol. The number of thioether (sulfide) groups is 1. The van der Waals surface area contributed by atoms with Crippen LogP contribution in [0.25, 0.3) is 11.1 Å². The van der Waals surface area contributed by atoms with Gasteiger partial charge in [0.25, 0.3) is 5.91 Å². The Morgan fingerprint density at radius 1 is 1.26 bits per heavy atom. The fourth-order valence-corrected chi connectivity index (χ4v) is 4.21. The van der Waals surface area contributed by atoms with Gasteiger partial charge in [-0.15, -0.1) is 0 Å². The van der Waals surface area contributed by atoms with E-state index >= 15 is 0 Å². The van der Waals surface area contributed by atoms with Crippen LogP contribution in [0.2, 0.25) is 0 Å². The van der Waals surface area contributed by atoms with Gasteiger partial charge in [0.05, 0.1) is 18.2 Å². The summed E-state index contributed by atoms with van der Waals surface area (Å²) in [5, 5.41) is 8.58. The lowest BCUT2D eigenvalue weighted by molar-refractivity contribution is -0.137. The number of hydrazone groups is 1. The number of pyridine rings is 1. The topological polar surface area (TPSA) is 90.9 Å². The highest BCUT2D eigenvalue weighted by molar-refractivity contribution is 8.14. The van der Waals surface area contributed by atoms with Crippen molar-refractivity contribution in [1.29, 1.82) is 0 Å². The summed E-state index contributed by atoms with van der Waals surface area (Å²) in [5.74, 6) is 5.82. The van der Waals surface area contributed by atoms with Gasteiger partial charge in [0.15, 0.2) is 10.5 Å². The van der Waals surface area contributed by atoms with Gasteiger partial charge < -0.3 is 10.2 Å². The average Bonchev–Trinajstić information content (AvgIpc) is 3.41. The minimum Gasteiger partial charge on any atom is -0.496 e. The van der Waals surface area contributed by atoms with Gasteiger partial charge in [-0.25, -0.2) is 5.01 Å². The van der Waals surface area contributed by atoms with Gasteiger partial charge in [-0.05, 0) is 49.0 Å². The van der Waals surface area contributed by atoms with Gasteiger partial charge in [-0.2, -0.15) is 18.3 Å². The molecule has 12 heteroatoms. The Hall–Kier alpha value is -3.69. The molecule has 8 nitrogen and oxygen atoms in total. The van der Waals surface area contributed by atoms with E-state index < -0.39 is 17.6 Å². The predicted octanol–water partition coefficient (Wildman–Crippen LogP) is 3.17. The fraction of sp³-hybridized carbons (Fsp3) is 0.261. The number of carbonyl (C=O) groups excluding carboxylic acids is 1. The molecule has 0 spiro atoms. The Morgan fingerprint density at radius 2 is 2.06 bits per heavy atom. The first kappa shape index (κ1) is 24.4. The normalized spacial score (nSPS) is 19.6. The molecule has 3 heterocycles. The van der Waals surface area contributed by atoms with E-state index in [0.717, 1.165) is 17.8 Å². The number of amides is 1. The van der Waals surface area contributed by atoms with Gasteiger partial charge in [0.1, 0.15) is 11.8 Å². The summed E-state index contributed by atoms with van der Waals surface area (Å²) in [4.78, 5) is 17.0. The van der Waals surface area contributed by atoms with Crippen LogP contribution in [-0.4, -0.2) is 46.6 Å². The van der Waals surface area contributed by atoms with Gasteiger partial charge in [-0.3, -0.25) is 20.5 Å². The number of halogens is 3. The summed E-state index contributed by atoms with van der Waals surface area (Å²) in [6, 6.07) is 4.41. The highest BCUT2D eigenvalue weighted by Crippen LogP contribution is 2.38. The van der Waals surface area contributed by atoms with E-state index in [4.69, 9.17) is 4.74 Å². The van der Waals surface area contributed by atoms with E-state index in [0.29, 0.717) is 0 Å². The number of nitrogens with zero attached hydrogens (tertiary/aromatic N) is 3. The molecule has 1 amide bonds. The van der Waals surface area contributed by atoms with Crippen molar-refractivity contribution in [3.8, 4) is 28.7 Å². The molecule has 2 aliphatic heterocycles. The highest BCUT2D eigenvalue weighted by atomic mass is 32.2. The number of hydrazine groups is 1. The summed E-state index contributed by atoms with van der Waals surface area (Å²) in [7, 11) is 3.23. The van der Waals surface area contributed by atoms with Gasteiger partial charge in [-0.1, -0.05) is 11.8 Å². The van der Waals surface area contributed by atoms with E-state index in [1.165, 1.54) is 43.4 Å². The molecule has 0 fully saturated rings. The first-order valence-corrected chi connectivity index (χ1v) is 11.2. The molecule has 0 bridgehead atoms. The number of benzene rings is 1. The van der Waals surface area contributed by atoms with Crippen molar-refractivity contribution in [2.75, 3.05) is 14.2 Å². The van der Waals surface area contributed by atoms with Crippen LogP contribution in [0.15, 0.2) is 53.5 Å². The van der Waals surface area contributed by atoms with Crippen molar-refractivity contribution in [2.24, 2.45) is 5.10 Å². The zero-order valence-electron chi connectivity index (χ0n) is 18.9. The number of amidine groups is 1. The summed E-state index contributed by atoms with van der Waals surface area (Å²) in [5.41, 5.74) is 6.54. The maximum absolute atomic E-state index is 13.3. The van der Waals surface area contributed by atoms with Crippen LogP contribution >= 0.6 is 11.8 Å². The number of nitrogens with one attached hydrogen (secondary N) is 3. The number of methoxy groups -OCH3 is 1. The minimum absolute atomic E-state index is 0.0853. The lowest BCUT2D eigenvalue weighted by Crippen LogP contribution is -2.33. The number of hydrogen-bond acceptors (Lipinski definition) is 8. The van der Waals surface area contributed by atoms with Crippen LogP contribution in [0, 0.1) is 11.8 Å². The predicted molar refractivity (Wildman–Crippen MR) is 127 cm³/mol. The van der Waals surface area contributed by atoms with Crippen molar-refractivity contribution < 1.29 is 22.7 Å². The first-order valence-electron chi connectivity index (χ1n) is 10.4. The molecular formula is C23H21F3N6O2S. The highest BCUT2D eigenvalue weighted by Gasteiger charge is 2.32. The largest absolute Gasteiger partial charge is 0.496 e. The zero-order valence-corrected chi connectivity index (χ0v) is 19.7. The molecule has 4 rings (SSSR count). The second kappa shape index (κ2) is 9.89. The van der Waals surface area contributed by atoms with Crippen molar-refractivity contribution in [2.45, 2.75) is 24.5 Å². The number of carbonyl (C=O) groups is 1. The Kier molecular flexibility index (Phi) is 6.90. The Labute approximate surface area is 204 Å². The molecule has 3 N–H and O–H groups in total. The molecule has 0 aliphatic carbocycles. The third kappa shape index (κ3) is 5.52. The second-order valence-electron chi connectivity index (χ2n) is 7.64. The molecule has 0 saturated carbocycles. The number of hydrogen-bond donors (Lipinski definition) is 3. The van der Waals surface area contributed by atoms with Crippen molar-refractivity contribution in [1.82, 2.24) is 26.2 Å². The number of ether oxygens (including phenoxy) is 1. The van der Waals surface area contributed by atoms with Crippen LogP contribution in [0.4, 0.5) is 13.2 Å². The summed E-state index contributed by atoms with van der Waals surface area (Å²) in [6.07, 6.45) is 0.143. The zero-order chi connectivity index (χ0) is 25.2. The molecule has 35 heavy (non-hydrogen) atoms. The second-order valence-corrected chi connectivity index (χ2v) is 8.73. The number of allylic oxidation sites excluding steroid dienone is 1. The molecule has 1 aromatic heterocycles. The minimum atomic E-state index is -4.56. The van der Waals surface area contributed by atoms with E-state index in [-0.39, 0.29) is 39.0 Å². The Morgan fingerprint density at radius 3 is 2.74 bits per heavy atom. The maximum atomic E-state index is 13.3. The van der Waals surface area contributed by atoms with E-state index in [1.807, 2.05) is 25.1 Å². The van der Waals surface area contributed by atoms with Crippen molar-refractivity contribution in [3.05, 3.63) is 59.6 Å². The summed E-state index contributed by atoms with van der Waals surface area (Å²) >= 11 is 1.22. The van der Waals surface area contributed by atoms with E-state index in [2.05, 4.69) is 38.1 Å². The molecule has 2 atom stereocenters. The Balaban J connectivity index is 1.51. The number of likely N-dealkylation sites (N-methyl/N-ethyl adjacent to an activating group) is 1. The smallest absolute Gasteiger partial charge is 0.416 e. The first-order chi connectivity index (χ1) is 16.7. The lowest BCUT2D eigenvalue weighted by Gasteiger charge is -2.15. The molecular weight excluding hydrogens is 481 g/mol. The Bertz CT molecular complexity index is 1270. The number of rotatable bonds is 3. The fourth-order valence-electron chi connectivity index (χ4n) is 3.50. The van der Waals surface area contributed by atoms with Crippen LogP contribution in [0.1, 0.15) is 22.8 Å². The average molecular weight is 503 g/mol. The quantitative estimate of drug-likeness (QED) is 0.556. The number of alkyl halides is 3. The van der Waals surface area contributed by atoms with Crippen LogP contribution in [-0.2, 0) is 6.18 Å². The van der Waals surface area contributed by atoms with Gasteiger partial charge in [0, 0.05) is 36.3 Å². The van der Waals surface area contributed by atoms with Crippen LogP contribution in [0.3, 0.4) is 0 Å². The molecule has 0 saturated heterocycles. The number of aromatic nitrogens is 1. The summed E-state index contributed by atoms with van der Waals surface area (Å²) in [6.45, 7) is 1.94. The summed E-state index contributed by atoms with van der Waals surface area (Å²) < 4.78 is 45.2. The standard InChI is InChI=1S/C23H21F3N6O2S/c1-13-10-15(32(2)31-13)5-7-20-29-30-22(35-20)28-21(33)16-8-9-27-12-18(16)17-11-14(23(24,25)26)4-6-19(17)34-3/h4,6,8-12,15,20,29,31H,1-3H3,(H,28,30,33). The van der Waals surface area contributed by atoms with Crippen LogP contribution in [0.5, 0.6) is 5.75 Å². The molecule has 2 aliphatic rings. The SMILES string of the molecule is COc1ccc(C(F)(F)F)cc1-c1cnccc1C(=O)NC1=NNC(C#CC2C=C(C)NN2C)S1. The maximum Gasteiger partial charge on any atom is 0.416 e. The third-order valence-electron chi connectivity index (χ3n) is 5.16. The van der Waals surface area contributed by atoms with Crippen molar-refractivity contribution in [3.63, 3.8) is 0 Å². The van der Waals surface area contributed by atoms with Crippen LogP contribution < -0.4 is 20.9 Å². The third-order valence-corrected chi connectivity index (χ3v) is 6.03.